The minimum Gasteiger partial charge on any atom is -0.369 e. The lowest BCUT2D eigenvalue weighted by Crippen LogP contribution is -2.54. The molecule has 0 aromatic carbocycles. The van der Waals surface area contributed by atoms with E-state index in [9.17, 15) is 4.79 Å². The fourth-order valence-electron chi connectivity index (χ4n) is 3.64. The Morgan fingerprint density at radius 3 is 2.88 bits per heavy atom. The van der Waals surface area contributed by atoms with Crippen molar-refractivity contribution in [1.82, 2.24) is 29.6 Å². The number of ether oxygens (including phenoxy) is 1. The molecule has 0 unspecified atom stereocenters. The van der Waals surface area contributed by atoms with Crippen molar-refractivity contribution in [2.45, 2.75) is 38.8 Å². The number of amides is 1. The van der Waals surface area contributed by atoms with Crippen LogP contribution in [0.25, 0.3) is 0 Å². The number of rotatable bonds is 3. The summed E-state index contributed by atoms with van der Waals surface area (Å²) in [6.07, 6.45) is 4.95. The molecule has 0 saturated carbocycles. The molecule has 2 aromatic heterocycles. The van der Waals surface area contributed by atoms with Gasteiger partial charge in [-0.2, -0.15) is 5.10 Å². The van der Waals surface area contributed by atoms with Gasteiger partial charge in [-0.25, -0.2) is 14.6 Å². The number of aromatic amines is 1. The van der Waals surface area contributed by atoms with Crippen LogP contribution < -0.4 is 0 Å². The van der Waals surface area contributed by atoms with Crippen molar-refractivity contribution in [3.63, 3.8) is 0 Å². The van der Waals surface area contributed by atoms with E-state index in [0.717, 1.165) is 30.3 Å². The molecule has 1 amide bonds. The van der Waals surface area contributed by atoms with Crippen LogP contribution in [0.1, 0.15) is 42.5 Å². The topological polar surface area (TPSA) is 88.9 Å². The van der Waals surface area contributed by atoms with Crippen LogP contribution in [0.2, 0.25) is 0 Å². The second-order valence-electron chi connectivity index (χ2n) is 6.56. The monoisotopic (exact) mass is 330 g/mol. The van der Waals surface area contributed by atoms with Crippen LogP contribution >= 0.6 is 0 Å². The van der Waals surface area contributed by atoms with Gasteiger partial charge in [-0.05, 0) is 26.7 Å². The summed E-state index contributed by atoms with van der Waals surface area (Å²) in [5.74, 6) is 2.41. The molecule has 0 radical (unpaired) electrons. The molecular weight excluding hydrogens is 308 g/mol. The number of carbonyl (C=O) groups excluding carboxylic acids is 1. The van der Waals surface area contributed by atoms with E-state index < -0.39 is 0 Å². The number of hydrogen-bond donors (Lipinski definition) is 1. The summed E-state index contributed by atoms with van der Waals surface area (Å²) < 4.78 is 7.77. The van der Waals surface area contributed by atoms with Crippen LogP contribution in [0.5, 0.6) is 0 Å². The van der Waals surface area contributed by atoms with E-state index in [1.807, 2.05) is 23.4 Å². The van der Waals surface area contributed by atoms with Crippen LogP contribution in [0, 0.1) is 19.8 Å². The molecule has 4 rings (SSSR count). The highest BCUT2D eigenvalue weighted by Crippen LogP contribution is 2.35. The van der Waals surface area contributed by atoms with E-state index >= 15 is 0 Å². The van der Waals surface area contributed by atoms with E-state index in [1.54, 1.807) is 12.4 Å². The first-order chi connectivity index (χ1) is 11.6. The van der Waals surface area contributed by atoms with Gasteiger partial charge in [0.05, 0.1) is 12.0 Å². The van der Waals surface area contributed by atoms with E-state index in [1.165, 1.54) is 0 Å². The van der Waals surface area contributed by atoms with Crippen molar-refractivity contribution >= 4 is 5.91 Å². The van der Waals surface area contributed by atoms with Crippen LogP contribution in [-0.4, -0.2) is 55.2 Å². The zero-order valence-electron chi connectivity index (χ0n) is 14.0. The molecule has 2 aliphatic heterocycles. The Balaban J connectivity index is 1.43. The summed E-state index contributed by atoms with van der Waals surface area (Å²) >= 11 is 0. The van der Waals surface area contributed by atoms with Gasteiger partial charge in [0.15, 0.2) is 0 Å². The highest BCUT2D eigenvalue weighted by atomic mass is 16.5. The number of aryl methyl sites for hydroxylation is 2. The van der Waals surface area contributed by atoms with E-state index in [-0.39, 0.29) is 24.0 Å². The lowest BCUT2D eigenvalue weighted by Gasteiger charge is -2.42. The highest BCUT2D eigenvalue weighted by Gasteiger charge is 2.42. The second-order valence-corrected chi connectivity index (χ2v) is 6.56. The Kier molecular flexibility index (Phi) is 3.84. The fourth-order valence-corrected chi connectivity index (χ4v) is 3.64. The van der Waals surface area contributed by atoms with Gasteiger partial charge >= 0.3 is 0 Å². The largest absolute Gasteiger partial charge is 0.369 e. The highest BCUT2D eigenvalue weighted by molar-refractivity contribution is 5.80. The molecular formula is C16H22N6O2. The van der Waals surface area contributed by atoms with E-state index in [2.05, 4.69) is 20.1 Å². The number of imidazole rings is 1. The Morgan fingerprint density at radius 1 is 1.38 bits per heavy atom. The molecule has 8 heteroatoms. The van der Waals surface area contributed by atoms with E-state index in [4.69, 9.17) is 4.74 Å². The molecule has 8 nitrogen and oxygen atoms in total. The van der Waals surface area contributed by atoms with Gasteiger partial charge in [-0.15, -0.1) is 0 Å². The predicted octanol–water partition coefficient (Wildman–Crippen LogP) is 1.17. The van der Waals surface area contributed by atoms with Gasteiger partial charge in [-0.1, -0.05) is 0 Å². The maximum absolute atomic E-state index is 12.9. The van der Waals surface area contributed by atoms with Gasteiger partial charge in [0, 0.05) is 32.1 Å². The quantitative estimate of drug-likeness (QED) is 0.912. The van der Waals surface area contributed by atoms with Gasteiger partial charge in [-0.3, -0.25) is 4.79 Å². The molecule has 2 saturated heterocycles. The Morgan fingerprint density at radius 2 is 2.21 bits per heavy atom. The standard InChI is InChI=1S/C16H22N6O2/c1-10-19-11(2)22(20-10)12-8-21(9-12)16(23)13-4-3-7-24-14(13)15-17-5-6-18-15/h5-6,12-14H,3-4,7-9H2,1-2H3,(H,17,18)/t13-,14-/m1/s1. The minimum absolute atomic E-state index is 0.154. The average Bonchev–Trinajstić information content (AvgIpc) is 3.16. The zero-order chi connectivity index (χ0) is 16.7. The maximum atomic E-state index is 12.9. The molecule has 24 heavy (non-hydrogen) atoms. The molecule has 1 N–H and O–H groups in total. The third-order valence-corrected chi connectivity index (χ3v) is 4.86. The van der Waals surface area contributed by atoms with Gasteiger partial charge in [0.2, 0.25) is 5.91 Å². The number of H-pyrrole nitrogens is 1. The van der Waals surface area contributed by atoms with E-state index in [0.29, 0.717) is 19.7 Å². The van der Waals surface area contributed by atoms with Crippen LogP contribution in [-0.2, 0) is 9.53 Å². The third kappa shape index (κ3) is 2.60. The number of carbonyl (C=O) groups is 1. The Bertz CT molecular complexity index is 719. The van der Waals surface area contributed by atoms with Crippen molar-refractivity contribution in [2.24, 2.45) is 5.92 Å². The third-order valence-electron chi connectivity index (χ3n) is 4.86. The SMILES string of the molecule is Cc1nc(C)n(C2CN(C(=O)[C@@H]3CCCO[C@H]3c3ncc[nH]3)C2)n1. The molecule has 2 aliphatic rings. The average molecular weight is 330 g/mol. The lowest BCUT2D eigenvalue weighted by molar-refractivity contribution is -0.152. The summed E-state index contributed by atoms with van der Waals surface area (Å²) in [5.41, 5.74) is 0. The number of nitrogens with zero attached hydrogens (tertiary/aromatic N) is 5. The molecule has 2 aromatic rings. The molecule has 128 valence electrons. The Hall–Kier alpha value is -2.22. The first-order valence-corrected chi connectivity index (χ1v) is 8.43. The van der Waals surface area contributed by atoms with Crippen molar-refractivity contribution < 1.29 is 9.53 Å². The van der Waals surface area contributed by atoms with Crippen molar-refractivity contribution in [1.29, 1.82) is 0 Å². The van der Waals surface area contributed by atoms with Crippen molar-refractivity contribution in [3.8, 4) is 0 Å². The molecule has 0 bridgehead atoms. The first-order valence-electron chi connectivity index (χ1n) is 8.43. The number of aromatic nitrogens is 5. The smallest absolute Gasteiger partial charge is 0.228 e. The normalized spacial score (nSPS) is 24.8. The summed E-state index contributed by atoms with van der Waals surface area (Å²) in [6.45, 7) is 5.88. The molecule has 2 atom stereocenters. The van der Waals surface area contributed by atoms with Crippen molar-refractivity contribution in [3.05, 3.63) is 29.9 Å². The van der Waals surface area contributed by atoms with Gasteiger partial charge < -0.3 is 14.6 Å². The van der Waals surface area contributed by atoms with Crippen LogP contribution in [0.3, 0.4) is 0 Å². The predicted molar refractivity (Wildman–Crippen MR) is 85.1 cm³/mol. The zero-order valence-corrected chi connectivity index (χ0v) is 14.0. The number of hydrogen-bond acceptors (Lipinski definition) is 5. The fraction of sp³-hybridized carbons (Fsp3) is 0.625. The lowest BCUT2D eigenvalue weighted by atomic mass is 9.90. The molecule has 0 spiro atoms. The maximum Gasteiger partial charge on any atom is 0.228 e. The van der Waals surface area contributed by atoms with Crippen molar-refractivity contribution in [2.75, 3.05) is 19.7 Å². The van der Waals surface area contributed by atoms with Gasteiger partial charge in [0.1, 0.15) is 23.6 Å². The summed E-state index contributed by atoms with van der Waals surface area (Å²) in [4.78, 5) is 26.5. The van der Waals surface area contributed by atoms with Crippen LogP contribution in [0.15, 0.2) is 12.4 Å². The molecule has 4 heterocycles. The van der Waals surface area contributed by atoms with Gasteiger partial charge in [0.25, 0.3) is 0 Å². The first kappa shape index (κ1) is 15.3. The summed E-state index contributed by atoms with van der Waals surface area (Å²) in [5, 5.41) is 4.42. The minimum atomic E-state index is -0.268. The second kappa shape index (κ2) is 6.01. The molecule has 0 aliphatic carbocycles. The Labute approximate surface area is 140 Å². The summed E-state index contributed by atoms with van der Waals surface area (Å²) in [6, 6.07) is 0.224. The van der Waals surface area contributed by atoms with Crippen LogP contribution in [0.4, 0.5) is 0 Å². The summed E-state index contributed by atoms with van der Waals surface area (Å²) in [7, 11) is 0. The number of nitrogens with one attached hydrogen (secondary N) is 1. The number of likely N-dealkylation sites (tertiary alicyclic amines) is 1. The molecule has 2 fully saturated rings.